The summed E-state index contributed by atoms with van der Waals surface area (Å²) >= 11 is 0. The molecule has 0 aliphatic carbocycles. The van der Waals surface area contributed by atoms with Crippen LogP contribution in [-0.2, 0) is 6.54 Å². The molecule has 1 aliphatic heterocycles. The van der Waals surface area contributed by atoms with Crippen LogP contribution in [-0.4, -0.2) is 11.4 Å². The molecule has 0 aromatic heterocycles. The molecule has 2 aromatic rings. The minimum Gasteiger partial charge on any atom is -0.292 e. The van der Waals surface area contributed by atoms with E-state index >= 15 is 0 Å². The van der Waals surface area contributed by atoms with Gasteiger partial charge in [0.15, 0.2) is 0 Å². The summed E-state index contributed by atoms with van der Waals surface area (Å²) < 4.78 is 13.5. The average Bonchev–Trinajstić information content (AvgIpc) is 2.53. The maximum atomic E-state index is 13.5. The molecule has 4 nitrogen and oxygen atoms in total. The van der Waals surface area contributed by atoms with Gasteiger partial charge in [-0.1, -0.05) is 41.5 Å². The van der Waals surface area contributed by atoms with E-state index < -0.39 is 0 Å². The van der Waals surface area contributed by atoms with Crippen LogP contribution in [0.15, 0.2) is 53.6 Å². The van der Waals surface area contributed by atoms with E-state index in [2.05, 4.69) is 34.0 Å². The van der Waals surface area contributed by atoms with E-state index in [-0.39, 0.29) is 17.9 Å². The Morgan fingerprint density at radius 3 is 2.73 bits per heavy atom. The molecule has 5 heteroatoms. The second-order valence-electron chi connectivity index (χ2n) is 5.58. The number of nitrogens with zero attached hydrogens (tertiary/aromatic N) is 4. The molecule has 3 rings (SSSR count). The summed E-state index contributed by atoms with van der Waals surface area (Å²) in [7, 11) is 0. The van der Waals surface area contributed by atoms with Crippen LogP contribution in [0.1, 0.15) is 35.7 Å². The summed E-state index contributed by atoms with van der Waals surface area (Å²) in [6, 6.07) is 14.7. The van der Waals surface area contributed by atoms with Crippen LogP contribution >= 0.6 is 0 Å². The molecule has 0 radical (unpaired) electrons. The Kier molecular flexibility index (Phi) is 4.09. The first kappa shape index (κ1) is 14.6. The van der Waals surface area contributed by atoms with Crippen molar-refractivity contribution in [2.24, 2.45) is 5.11 Å². The van der Waals surface area contributed by atoms with Gasteiger partial charge in [-0.15, -0.1) is 0 Å². The van der Waals surface area contributed by atoms with Gasteiger partial charge in [0.1, 0.15) is 5.82 Å². The fourth-order valence-electron chi connectivity index (χ4n) is 3.07. The molecular weight excluding hydrogens is 279 g/mol. The molecule has 0 bridgehead atoms. The molecule has 1 heterocycles. The number of hydrogen-bond acceptors (Lipinski definition) is 2. The number of halogens is 1. The summed E-state index contributed by atoms with van der Waals surface area (Å²) in [4.78, 5) is 5.19. The zero-order chi connectivity index (χ0) is 15.5. The van der Waals surface area contributed by atoms with Gasteiger partial charge in [0.2, 0.25) is 0 Å². The van der Waals surface area contributed by atoms with Crippen LogP contribution in [0, 0.1) is 5.82 Å². The lowest BCUT2D eigenvalue weighted by molar-refractivity contribution is 0.171. The van der Waals surface area contributed by atoms with Gasteiger partial charge in [0.25, 0.3) is 0 Å². The SMILES string of the molecule is CC1c2ccc(F)cc2C(N=[N+]=[N-])CN1Cc1ccccc1. The average molecular weight is 296 g/mol. The molecule has 1 aliphatic rings. The second-order valence-corrected chi connectivity index (χ2v) is 5.58. The van der Waals surface area contributed by atoms with Crippen molar-refractivity contribution in [1.82, 2.24) is 4.90 Å². The van der Waals surface area contributed by atoms with Crippen LogP contribution in [0.25, 0.3) is 10.4 Å². The van der Waals surface area contributed by atoms with E-state index in [4.69, 9.17) is 5.53 Å². The number of hydrogen-bond donors (Lipinski definition) is 0. The van der Waals surface area contributed by atoms with E-state index in [9.17, 15) is 4.39 Å². The third kappa shape index (κ3) is 2.82. The van der Waals surface area contributed by atoms with Crippen LogP contribution in [0.5, 0.6) is 0 Å². The van der Waals surface area contributed by atoms with Crippen LogP contribution < -0.4 is 0 Å². The molecule has 0 saturated heterocycles. The number of azide groups is 1. The van der Waals surface area contributed by atoms with Gasteiger partial charge in [-0.05, 0) is 41.3 Å². The Balaban J connectivity index is 1.95. The molecule has 0 fully saturated rings. The first-order valence-electron chi connectivity index (χ1n) is 7.30. The second kappa shape index (κ2) is 6.18. The zero-order valence-electron chi connectivity index (χ0n) is 12.4. The van der Waals surface area contributed by atoms with Crippen molar-refractivity contribution >= 4 is 0 Å². The monoisotopic (exact) mass is 296 g/mol. The largest absolute Gasteiger partial charge is 0.292 e. The van der Waals surface area contributed by atoms with E-state index in [1.165, 1.54) is 17.7 Å². The molecule has 0 N–H and O–H groups in total. The van der Waals surface area contributed by atoms with Crippen molar-refractivity contribution in [2.75, 3.05) is 6.54 Å². The summed E-state index contributed by atoms with van der Waals surface area (Å²) in [6.07, 6.45) is 0. The number of fused-ring (bicyclic) bond motifs is 1. The van der Waals surface area contributed by atoms with Gasteiger partial charge in [0.05, 0.1) is 6.04 Å². The first-order chi connectivity index (χ1) is 10.7. The molecular formula is C17H17FN4. The Bertz CT molecular complexity index is 710. The van der Waals surface area contributed by atoms with Crippen molar-refractivity contribution in [3.63, 3.8) is 0 Å². The highest BCUT2D eigenvalue weighted by molar-refractivity contribution is 5.36. The third-order valence-corrected chi connectivity index (χ3v) is 4.23. The standard InChI is InChI=1S/C17H17FN4/c1-12-15-8-7-14(18)9-16(15)17(20-21-19)11-22(12)10-13-5-3-2-4-6-13/h2-9,12,17H,10-11H2,1H3. The predicted molar refractivity (Wildman–Crippen MR) is 83.6 cm³/mol. The maximum Gasteiger partial charge on any atom is 0.123 e. The third-order valence-electron chi connectivity index (χ3n) is 4.23. The molecule has 112 valence electrons. The summed E-state index contributed by atoms with van der Waals surface area (Å²) in [5.41, 5.74) is 11.8. The minimum atomic E-state index is -0.351. The lowest BCUT2D eigenvalue weighted by Crippen LogP contribution is -2.35. The quantitative estimate of drug-likeness (QED) is 0.458. The van der Waals surface area contributed by atoms with Gasteiger partial charge < -0.3 is 0 Å². The predicted octanol–water partition coefficient (Wildman–Crippen LogP) is 4.75. The normalized spacial score (nSPS) is 21.0. The van der Waals surface area contributed by atoms with E-state index in [1.807, 2.05) is 18.2 Å². The lowest BCUT2D eigenvalue weighted by atomic mass is 9.90. The molecule has 2 atom stereocenters. The van der Waals surface area contributed by atoms with Crippen LogP contribution in [0.4, 0.5) is 4.39 Å². The molecule has 22 heavy (non-hydrogen) atoms. The number of benzene rings is 2. The Morgan fingerprint density at radius 2 is 2.00 bits per heavy atom. The van der Waals surface area contributed by atoms with E-state index in [0.717, 1.165) is 17.7 Å². The van der Waals surface area contributed by atoms with Crippen molar-refractivity contribution in [3.8, 4) is 0 Å². The van der Waals surface area contributed by atoms with Gasteiger partial charge >= 0.3 is 0 Å². The lowest BCUT2D eigenvalue weighted by Gasteiger charge is -2.38. The molecule has 0 spiro atoms. The Labute approximate surface area is 128 Å². The smallest absolute Gasteiger partial charge is 0.123 e. The maximum absolute atomic E-state index is 13.5. The van der Waals surface area contributed by atoms with Gasteiger partial charge in [-0.2, -0.15) is 0 Å². The highest BCUT2D eigenvalue weighted by Gasteiger charge is 2.30. The van der Waals surface area contributed by atoms with E-state index in [1.54, 1.807) is 6.07 Å². The van der Waals surface area contributed by atoms with Gasteiger partial charge in [0, 0.05) is 24.0 Å². The van der Waals surface area contributed by atoms with Crippen LogP contribution in [0.3, 0.4) is 0 Å². The summed E-state index contributed by atoms with van der Waals surface area (Å²) in [5, 5.41) is 3.86. The van der Waals surface area contributed by atoms with Crippen molar-refractivity contribution < 1.29 is 4.39 Å². The van der Waals surface area contributed by atoms with Crippen molar-refractivity contribution in [1.29, 1.82) is 0 Å². The minimum absolute atomic E-state index is 0.154. The summed E-state index contributed by atoms with van der Waals surface area (Å²) in [6.45, 7) is 3.47. The molecule has 2 unspecified atom stereocenters. The summed E-state index contributed by atoms with van der Waals surface area (Å²) in [5.74, 6) is -0.291. The first-order valence-corrected chi connectivity index (χ1v) is 7.30. The van der Waals surface area contributed by atoms with Crippen molar-refractivity contribution in [3.05, 3.63) is 81.5 Å². The number of rotatable bonds is 3. The van der Waals surface area contributed by atoms with Crippen LogP contribution in [0.2, 0.25) is 0 Å². The highest BCUT2D eigenvalue weighted by atomic mass is 19.1. The molecule has 0 saturated carbocycles. The topological polar surface area (TPSA) is 52.0 Å². The van der Waals surface area contributed by atoms with Gasteiger partial charge in [-0.3, -0.25) is 4.90 Å². The fraction of sp³-hybridized carbons (Fsp3) is 0.294. The fourth-order valence-corrected chi connectivity index (χ4v) is 3.07. The molecule has 0 amide bonds. The highest BCUT2D eigenvalue weighted by Crippen LogP contribution is 2.37. The van der Waals surface area contributed by atoms with Gasteiger partial charge in [-0.25, -0.2) is 4.39 Å². The Hall–Kier alpha value is -2.36. The molecule has 2 aromatic carbocycles. The van der Waals surface area contributed by atoms with Crippen molar-refractivity contribution in [2.45, 2.75) is 25.6 Å². The van der Waals surface area contributed by atoms with E-state index in [0.29, 0.717) is 6.54 Å². The Morgan fingerprint density at radius 1 is 1.23 bits per heavy atom. The zero-order valence-corrected chi connectivity index (χ0v) is 12.4.